The second-order valence-corrected chi connectivity index (χ2v) is 3.71. The van der Waals surface area contributed by atoms with Gasteiger partial charge in [0.1, 0.15) is 5.75 Å². The third-order valence-corrected chi connectivity index (χ3v) is 2.45. The highest BCUT2D eigenvalue weighted by Crippen LogP contribution is 2.32. The molecule has 1 aromatic rings. The van der Waals surface area contributed by atoms with E-state index in [0.29, 0.717) is 6.42 Å². The number of rotatable bonds is 2. The number of cyclic esters (lactones) is 1. The minimum Gasteiger partial charge on any atom is -0.449 e. The van der Waals surface area contributed by atoms with Crippen molar-refractivity contribution in [3.63, 3.8) is 0 Å². The zero-order valence-electron chi connectivity index (χ0n) is 9.16. The molecule has 4 nitrogen and oxygen atoms in total. The van der Waals surface area contributed by atoms with Gasteiger partial charge in [-0.05, 0) is 6.07 Å². The Labute approximate surface area is 101 Å². The molecule has 18 heavy (non-hydrogen) atoms. The van der Waals surface area contributed by atoms with Crippen molar-refractivity contribution in [1.82, 2.24) is 5.32 Å². The monoisotopic (exact) mass is 261 g/mol. The molecule has 7 heteroatoms. The van der Waals surface area contributed by atoms with E-state index < -0.39 is 18.5 Å². The second kappa shape index (κ2) is 4.75. The molecule has 0 unspecified atom stereocenters. The number of amides is 1. The SMILES string of the molecule is O=C1N[C@@H](c2ccccc2OC(F)(F)F)CCO1. The molecule has 1 aliphatic rings. The number of hydrogen-bond acceptors (Lipinski definition) is 3. The maximum atomic E-state index is 12.2. The highest BCUT2D eigenvalue weighted by molar-refractivity contribution is 5.69. The summed E-state index contributed by atoms with van der Waals surface area (Å²) in [5.41, 5.74) is 0.284. The molecular weight excluding hydrogens is 251 g/mol. The number of alkyl carbamates (subject to hydrolysis) is 1. The van der Waals surface area contributed by atoms with E-state index in [9.17, 15) is 18.0 Å². The number of benzene rings is 1. The van der Waals surface area contributed by atoms with Crippen LogP contribution in [0.2, 0.25) is 0 Å². The molecule has 1 heterocycles. The fourth-order valence-electron chi connectivity index (χ4n) is 1.74. The van der Waals surface area contributed by atoms with Crippen LogP contribution in [-0.2, 0) is 4.74 Å². The summed E-state index contributed by atoms with van der Waals surface area (Å²) >= 11 is 0. The van der Waals surface area contributed by atoms with Crippen molar-refractivity contribution < 1.29 is 27.4 Å². The quantitative estimate of drug-likeness (QED) is 0.890. The molecule has 0 aliphatic carbocycles. The Morgan fingerprint density at radius 1 is 1.33 bits per heavy atom. The molecule has 1 aromatic carbocycles. The van der Waals surface area contributed by atoms with Crippen LogP contribution in [0.5, 0.6) is 5.75 Å². The number of alkyl halides is 3. The molecule has 1 fully saturated rings. The number of carbonyl (C=O) groups excluding carboxylic acids is 1. The zero-order valence-corrected chi connectivity index (χ0v) is 9.16. The Hall–Kier alpha value is -1.92. The lowest BCUT2D eigenvalue weighted by Gasteiger charge is -2.25. The Bertz CT molecular complexity index is 447. The van der Waals surface area contributed by atoms with Gasteiger partial charge in [0.25, 0.3) is 0 Å². The molecule has 0 saturated carbocycles. The van der Waals surface area contributed by atoms with Crippen molar-refractivity contribution in [2.75, 3.05) is 6.61 Å². The van der Waals surface area contributed by atoms with Gasteiger partial charge in [0.2, 0.25) is 0 Å². The summed E-state index contributed by atoms with van der Waals surface area (Å²) in [6.07, 6.45) is -5.01. The van der Waals surface area contributed by atoms with Crippen molar-refractivity contribution in [3.8, 4) is 5.75 Å². The summed E-state index contributed by atoms with van der Waals surface area (Å²) in [4.78, 5) is 11.0. The first-order chi connectivity index (χ1) is 8.46. The number of para-hydroxylation sites is 1. The maximum absolute atomic E-state index is 12.2. The fraction of sp³-hybridized carbons (Fsp3) is 0.364. The largest absolute Gasteiger partial charge is 0.573 e. The maximum Gasteiger partial charge on any atom is 0.573 e. The van der Waals surface area contributed by atoms with E-state index in [-0.39, 0.29) is 17.9 Å². The van der Waals surface area contributed by atoms with Crippen LogP contribution in [0.3, 0.4) is 0 Å². The van der Waals surface area contributed by atoms with Crippen LogP contribution >= 0.6 is 0 Å². The lowest BCUT2D eigenvalue weighted by molar-refractivity contribution is -0.275. The van der Waals surface area contributed by atoms with E-state index in [1.165, 1.54) is 18.2 Å². The van der Waals surface area contributed by atoms with E-state index in [4.69, 9.17) is 0 Å². The van der Waals surface area contributed by atoms with Crippen molar-refractivity contribution in [2.45, 2.75) is 18.8 Å². The summed E-state index contributed by atoms with van der Waals surface area (Å²) in [6.45, 7) is 0.164. The van der Waals surface area contributed by atoms with Gasteiger partial charge in [0.05, 0.1) is 12.6 Å². The van der Waals surface area contributed by atoms with Crippen LogP contribution in [0.25, 0.3) is 0 Å². The minimum absolute atomic E-state index is 0.164. The summed E-state index contributed by atoms with van der Waals surface area (Å²) in [5, 5.41) is 2.45. The first-order valence-corrected chi connectivity index (χ1v) is 5.24. The predicted molar refractivity (Wildman–Crippen MR) is 55.0 cm³/mol. The van der Waals surface area contributed by atoms with Crippen LogP contribution in [-0.4, -0.2) is 19.1 Å². The van der Waals surface area contributed by atoms with Crippen LogP contribution in [0.15, 0.2) is 24.3 Å². The summed E-state index contributed by atoms with van der Waals surface area (Å²) in [5.74, 6) is -0.308. The molecule has 1 atom stereocenters. The average molecular weight is 261 g/mol. The van der Waals surface area contributed by atoms with Gasteiger partial charge >= 0.3 is 12.5 Å². The van der Waals surface area contributed by atoms with E-state index in [2.05, 4.69) is 14.8 Å². The molecular formula is C11H10F3NO3. The van der Waals surface area contributed by atoms with Gasteiger partial charge in [-0.25, -0.2) is 4.79 Å². The van der Waals surface area contributed by atoms with Gasteiger partial charge in [-0.15, -0.1) is 13.2 Å². The van der Waals surface area contributed by atoms with Crippen molar-refractivity contribution in [1.29, 1.82) is 0 Å². The average Bonchev–Trinajstić information content (AvgIpc) is 2.27. The van der Waals surface area contributed by atoms with Crippen molar-refractivity contribution >= 4 is 6.09 Å². The lowest BCUT2D eigenvalue weighted by Crippen LogP contribution is -2.35. The number of carbonyl (C=O) groups is 1. The Balaban J connectivity index is 2.24. The van der Waals surface area contributed by atoms with Crippen LogP contribution in [0.1, 0.15) is 18.0 Å². The van der Waals surface area contributed by atoms with Crippen molar-refractivity contribution in [3.05, 3.63) is 29.8 Å². The third kappa shape index (κ3) is 3.06. The normalized spacial score (nSPS) is 19.9. The second-order valence-electron chi connectivity index (χ2n) is 3.71. The van der Waals surface area contributed by atoms with Crippen LogP contribution < -0.4 is 10.1 Å². The van der Waals surface area contributed by atoms with Gasteiger partial charge in [0.15, 0.2) is 0 Å². The van der Waals surface area contributed by atoms with Gasteiger partial charge in [0, 0.05) is 12.0 Å². The van der Waals surface area contributed by atoms with Crippen LogP contribution in [0, 0.1) is 0 Å². The Morgan fingerprint density at radius 3 is 2.72 bits per heavy atom. The lowest BCUT2D eigenvalue weighted by atomic mass is 10.0. The first-order valence-electron chi connectivity index (χ1n) is 5.24. The topological polar surface area (TPSA) is 47.6 Å². The van der Waals surface area contributed by atoms with Gasteiger partial charge in [-0.2, -0.15) is 0 Å². The molecule has 98 valence electrons. The first kappa shape index (κ1) is 12.5. The molecule has 0 aromatic heterocycles. The highest BCUT2D eigenvalue weighted by atomic mass is 19.4. The highest BCUT2D eigenvalue weighted by Gasteiger charge is 2.33. The number of hydrogen-bond donors (Lipinski definition) is 1. The molecule has 2 rings (SSSR count). The number of nitrogens with one attached hydrogen (secondary N) is 1. The van der Waals surface area contributed by atoms with Crippen molar-refractivity contribution in [2.24, 2.45) is 0 Å². The fourth-order valence-corrected chi connectivity index (χ4v) is 1.74. The summed E-state index contributed by atoms with van der Waals surface area (Å²) < 4.78 is 45.3. The molecule has 1 N–H and O–H groups in total. The number of halogens is 3. The molecule has 0 radical (unpaired) electrons. The number of ether oxygens (including phenoxy) is 2. The standard InChI is InChI=1S/C11H10F3NO3/c12-11(13,14)18-9-4-2-1-3-7(9)8-5-6-17-10(16)15-8/h1-4,8H,5-6H2,(H,15,16)/t8-/m1/s1. The molecule has 1 aliphatic heterocycles. The summed E-state index contributed by atoms with van der Waals surface area (Å²) in [6, 6.07) is 5.18. The van der Waals surface area contributed by atoms with Crippen LogP contribution in [0.4, 0.5) is 18.0 Å². The minimum atomic E-state index is -4.76. The van der Waals surface area contributed by atoms with E-state index in [1.807, 2.05) is 0 Å². The molecule has 0 spiro atoms. The van der Waals surface area contributed by atoms with E-state index in [1.54, 1.807) is 6.07 Å². The van der Waals surface area contributed by atoms with Gasteiger partial charge in [-0.1, -0.05) is 18.2 Å². The zero-order chi connectivity index (χ0) is 13.2. The smallest absolute Gasteiger partial charge is 0.449 e. The van der Waals surface area contributed by atoms with Gasteiger partial charge in [-0.3, -0.25) is 0 Å². The third-order valence-electron chi connectivity index (χ3n) is 2.45. The molecule has 0 bridgehead atoms. The summed E-state index contributed by atoms with van der Waals surface area (Å²) in [7, 11) is 0. The molecule has 1 amide bonds. The van der Waals surface area contributed by atoms with E-state index in [0.717, 1.165) is 0 Å². The Morgan fingerprint density at radius 2 is 2.06 bits per heavy atom. The van der Waals surface area contributed by atoms with E-state index >= 15 is 0 Å². The van der Waals surface area contributed by atoms with Gasteiger partial charge < -0.3 is 14.8 Å². The Kier molecular flexibility index (Phi) is 3.31. The molecule has 1 saturated heterocycles. The predicted octanol–water partition coefficient (Wildman–Crippen LogP) is 2.76.